The van der Waals surface area contributed by atoms with Crippen molar-refractivity contribution in [3.8, 4) is 22.6 Å². The lowest BCUT2D eigenvalue weighted by atomic mass is 9.57. The van der Waals surface area contributed by atoms with Crippen LogP contribution in [0.1, 0.15) is 50.6 Å². The number of carbonyl (C=O) groups excluding carboxylic acids is 2. The number of benzene rings is 2. The molecular formula is C20H16O7. The highest BCUT2D eigenvalue weighted by molar-refractivity contribution is 6.09. The molecule has 4 atom stereocenters. The molecule has 5 rings (SSSR count). The van der Waals surface area contributed by atoms with Crippen LogP contribution < -0.4 is 0 Å². The number of aromatic hydroxyl groups is 2. The zero-order chi connectivity index (χ0) is 19.2. The fraction of sp³-hybridized carbons (Fsp3) is 0.300. The van der Waals surface area contributed by atoms with E-state index in [9.17, 15) is 35.1 Å². The molecule has 0 spiro atoms. The maximum atomic E-state index is 12.5. The summed E-state index contributed by atoms with van der Waals surface area (Å²) in [5.74, 6) is -2.86. The summed E-state index contributed by atoms with van der Waals surface area (Å²) in [6.07, 6.45) is -3.52. The highest BCUT2D eigenvalue weighted by atomic mass is 16.3. The molecule has 27 heavy (non-hydrogen) atoms. The van der Waals surface area contributed by atoms with Crippen molar-refractivity contribution >= 4 is 11.6 Å². The van der Waals surface area contributed by atoms with Gasteiger partial charge < -0.3 is 25.5 Å². The number of fused-ring (bicyclic) bond motifs is 2. The highest BCUT2D eigenvalue weighted by Crippen LogP contribution is 2.60. The number of phenols is 2. The fourth-order valence-corrected chi connectivity index (χ4v) is 5.02. The summed E-state index contributed by atoms with van der Waals surface area (Å²) < 4.78 is 0. The van der Waals surface area contributed by atoms with Crippen LogP contribution in [0.4, 0.5) is 0 Å². The summed E-state index contributed by atoms with van der Waals surface area (Å²) in [6.45, 7) is 0. The van der Waals surface area contributed by atoms with E-state index >= 15 is 0 Å². The highest BCUT2D eigenvalue weighted by Gasteiger charge is 2.58. The van der Waals surface area contributed by atoms with Gasteiger partial charge in [0.05, 0.1) is 17.2 Å². The molecule has 3 aliphatic rings. The average Bonchev–Trinajstić information content (AvgIpc) is 2.63. The van der Waals surface area contributed by atoms with Crippen LogP contribution in [0, 0.1) is 0 Å². The maximum absolute atomic E-state index is 12.5. The number of ketones is 2. The molecule has 7 nitrogen and oxygen atoms in total. The minimum atomic E-state index is -1.81. The number of aliphatic hydroxyl groups is 3. The Labute approximate surface area is 153 Å². The lowest BCUT2D eigenvalue weighted by Crippen LogP contribution is -2.54. The molecule has 2 aromatic carbocycles. The SMILES string of the molecule is O=C1CCC2(O)c3c(ccc(O)c31)-c1ccc(O)c3c1C2C(O)C(O)C3=O. The first-order valence-electron chi connectivity index (χ1n) is 8.66. The van der Waals surface area contributed by atoms with Gasteiger partial charge >= 0.3 is 0 Å². The van der Waals surface area contributed by atoms with Crippen LogP contribution in [0.5, 0.6) is 11.5 Å². The maximum Gasteiger partial charge on any atom is 0.197 e. The number of rotatable bonds is 0. The third-order valence-corrected chi connectivity index (χ3v) is 6.15. The monoisotopic (exact) mass is 368 g/mol. The van der Waals surface area contributed by atoms with Gasteiger partial charge in [-0.3, -0.25) is 9.59 Å². The summed E-state index contributed by atoms with van der Waals surface area (Å²) in [5, 5.41) is 53.1. The summed E-state index contributed by atoms with van der Waals surface area (Å²) in [7, 11) is 0. The average molecular weight is 368 g/mol. The van der Waals surface area contributed by atoms with E-state index in [-0.39, 0.29) is 52.4 Å². The zero-order valence-corrected chi connectivity index (χ0v) is 14.0. The lowest BCUT2D eigenvalue weighted by Gasteiger charge is -2.50. The second kappa shape index (κ2) is 4.95. The Kier molecular flexibility index (Phi) is 3.01. The zero-order valence-electron chi connectivity index (χ0n) is 14.0. The molecule has 5 N–H and O–H groups in total. The van der Waals surface area contributed by atoms with Gasteiger partial charge in [-0.25, -0.2) is 0 Å². The van der Waals surface area contributed by atoms with E-state index in [4.69, 9.17) is 0 Å². The van der Waals surface area contributed by atoms with E-state index < -0.39 is 29.5 Å². The minimum Gasteiger partial charge on any atom is -0.507 e. The van der Waals surface area contributed by atoms with Crippen LogP contribution in [-0.2, 0) is 5.60 Å². The Morgan fingerprint density at radius 2 is 1.56 bits per heavy atom. The second-order valence-electron chi connectivity index (χ2n) is 7.43. The van der Waals surface area contributed by atoms with Crippen molar-refractivity contribution in [1.29, 1.82) is 0 Å². The van der Waals surface area contributed by atoms with E-state index in [1.54, 1.807) is 12.1 Å². The largest absolute Gasteiger partial charge is 0.507 e. The molecule has 2 aromatic rings. The van der Waals surface area contributed by atoms with Gasteiger partial charge in [0, 0.05) is 17.9 Å². The summed E-state index contributed by atoms with van der Waals surface area (Å²) >= 11 is 0. The van der Waals surface area contributed by atoms with Crippen LogP contribution in [0.2, 0.25) is 0 Å². The van der Waals surface area contributed by atoms with Gasteiger partial charge in [-0.1, -0.05) is 12.1 Å². The first kappa shape index (κ1) is 16.4. The second-order valence-corrected chi connectivity index (χ2v) is 7.43. The number of aliphatic hydroxyl groups excluding tert-OH is 2. The van der Waals surface area contributed by atoms with Crippen LogP contribution in [-0.4, -0.2) is 49.3 Å². The topological polar surface area (TPSA) is 135 Å². The van der Waals surface area contributed by atoms with Gasteiger partial charge in [0.2, 0.25) is 0 Å². The molecule has 0 saturated heterocycles. The summed E-state index contributed by atoms with van der Waals surface area (Å²) in [4.78, 5) is 25.0. The molecular weight excluding hydrogens is 352 g/mol. The molecule has 0 aliphatic heterocycles. The molecule has 3 aliphatic carbocycles. The quantitative estimate of drug-likeness (QED) is 0.467. The standard InChI is InChI=1S/C20H16O7/c21-9-4-2-8-7-1-3-10(22)14-12(7)16(18(25)19(26)17(14)24)20(27)6-5-11(23)13(9)15(8)20/h1-4,16,18-19,21-22,25-27H,5-6H2. The first-order valence-corrected chi connectivity index (χ1v) is 8.66. The van der Waals surface area contributed by atoms with Gasteiger partial charge in [-0.15, -0.1) is 0 Å². The molecule has 138 valence electrons. The van der Waals surface area contributed by atoms with Crippen molar-refractivity contribution in [2.45, 2.75) is 36.6 Å². The summed E-state index contributed by atoms with van der Waals surface area (Å²) in [6, 6.07) is 5.75. The van der Waals surface area contributed by atoms with Crippen LogP contribution in [0.3, 0.4) is 0 Å². The lowest BCUT2D eigenvalue weighted by molar-refractivity contribution is -0.0832. The Morgan fingerprint density at radius 1 is 0.926 bits per heavy atom. The number of carbonyl (C=O) groups is 2. The molecule has 0 saturated carbocycles. The number of Topliss-reactive ketones (excluding diaryl/α,β-unsaturated/α-hetero) is 2. The van der Waals surface area contributed by atoms with Gasteiger partial charge in [-0.2, -0.15) is 0 Å². The van der Waals surface area contributed by atoms with E-state index in [0.29, 0.717) is 11.1 Å². The predicted octanol–water partition coefficient (Wildman–Crippen LogP) is 0.944. The van der Waals surface area contributed by atoms with Crippen molar-refractivity contribution in [3.05, 3.63) is 46.5 Å². The Hall–Kier alpha value is -2.74. The van der Waals surface area contributed by atoms with Crippen molar-refractivity contribution in [2.75, 3.05) is 0 Å². The number of hydrogen-bond acceptors (Lipinski definition) is 7. The molecule has 4 unspecified atom stereocenters. The molecule has 0 heterocycles. The Morgan fingerprint density at radius 3 is 2.26 bits per heavy atom. The Balaban J connectivity index is 1.98. The number of hydrogen-bond donors (Lipinski definition) is 5. The van der Waals surface area contributed by atoms with Crippen molar-refractivity contribution < 1.29 is 35.1 Å². The first-order chi connectivity index (χ1) is 12.8. The van der Waals surface area contributed by atoms with Crippen molar-refractivity contribution in [1.82, 2.24) is 0 Å². The number of phenolic OH excluding ortho intramolecular Hbond substituents is 2. The van der Waals surface area contributed by atoms with E-state index in [0.717, 1.165) is 0 Å². The van der Waals surface area contributed by atoms with E-state index in [1.165, 1.54) is 12.1 Å². The van der Waals surface area contributed by atoms with Crippen LogP contribution >= 0.6 is 0 Å². The minimum absolute atomic E-state index is 0.000106. The van der Waals surface area contributed by atoms with Crippen LogP contribution in [0.15, 0.2) is 24.3 Å². The van der Waals surface area contributed by atoms with Crippen molar-refractivity contribution in [2.24, 2.45) is 0 Å². The van der Waals surface area contributed by atoms with Gasteiger partial charge in [-0.05, 0) is 35.2 Å². The normalized spacial score (nSPS) is 30.7. The smallest absolute Gasteiger partial charge is 0.197 e. The molecule has 7 heteroatoms. The van der Waals surface area contributed by atoms with Gasteiger partial charge in [0.25, 0.3) is 0 Å². The van der Waals surface area contributed by atoms with E-state index in [1.807, 2.05) is 0 Å². The fourth-order valence-electron chi connectivity index (χ4n) is 5.02. The van der Waals surface area contributed by atoms with Gasteiger partial charge in [0.1, 0.15) is 23.2 Å². The van der Waals surface area contributed by atoms with Crippen molar-refractivity contribution in [3.63, 3.8) is 0 Å². The third-order valence-electron chi connectivity index (χ3n) is 6.15. The molecule has 0 radical (unpaired) electrons. The summed E-state index contributed by atoms with van der Waals surface area (Å²) in [5.41, 5.74) is -0.494. The Bertz CT molecular complexity index is 1060. The van der Waals surface area contributed by atoms with E-state index in [2.05, 4.69) is 0 Å². The molecule has 0 amide bonds. The molecule has 0 aromatic heterocycles. The third kappa shape index (κ3) is 1.76. The predicted molar refractivity (Wildman–Crippen MR) is 91.8 cm³/mol. The van der Waals surface area contributed by atoms with Crippen LogP contribution in [0.25, 0.3) is 11.1 Å². The van der Waals surface area contributed by atoms with Gasteiger partial charge in [0.15, 0.2) is 11.6 Å². The molecule has 0 fully saturated rings. The molecule has 0 bridgehead atoms.